The van der Waals surface area contributed by atoms with Crippen molar-refractivity contribution < 1.29 is 14.7 Å². The summed E-state index contributed by atoms with van der Waals surface area (Å²) in [4.78, 5) is 25.6. The van der Waals surface area contributed by atoms with Gasteiger partial charge in [0.1, 0.15) is 0 Å². The summed E-state index contributed by atoms with van der Waals surface area (Å²) in [5.74, 6) is -1.00. The van der Waals surface area contributed by atoms with E-state index in [9.17, 15) is 14.7 Å². The van der Waals surface area contributed by atoms with Crippen LogP contribution < -0.4 is 0 Å². The Morgan fingerprint density at radius 3 is 2.21 bits per heavy atom. The van der Waals surface area contributed by atoms with Crippen molar-refractivity contribution in [3.63, 3.8) is 0 Å². The van der Waals surface area contributed by atoms with Crippen LogP contribution in [-0.2, 0) is 9.59 Å². The maximum absolute atomic E-state index is 12.5. The van der Waals surface area contributed by atoms with E-state index in [0.717, 1.165) is 32.2 Å². The van der Waals surface area contributed by atoms with Crippen molar-refractivity contribution in [2.45, 2.75) is 52.9 Å². The van der Waals surface area contributed by atoms with E-state index < -0.39 is 11.9 Å². The molecule has 1 aliphatic rings. The molecule has 1 N–H and O–H groups in total. The van der Waals surface area contributed by atoms with Gasteiger partial charge in [0.2, 0.25) is 5.91 Å². The molecule has 2 atom stereocenters. The average Bonchev–Trinajstić information content (AvgIpc) is 2.89. The second-order valence-corrected chi connectivity index (χ2v) is 5.54. The lowest BCUT2D eigenvalue weighted by Gasteiger charge is -2.29. The fraction of sp³-hybridized carbons (Fsp3) is 0.867. The van der Waals surface area contributed by atoms with E-state index in [1.807, 2.05) is 11.8 Å². The Bertz CT molecular complexity index is 313. The number of carboxylic acids is 1. The number of nitrogens with zero attached hydrogens (tertiary/aromatic N) is 1. The highest BCUT2D eigenvalue weighted by atomic mass is 16.4. The van der Waals surface area contributed by atoms with E-state index in [-0.39, 0.29) is 11.8 Å². The lowest BCUT2D eigenvalue weighted by atomic mass is 9.94. The molecular weight excluding hydrogens is 242 g/mol. The summed E-state index contributed by atoms with van der Waals surface area (Å²) in [5.41, 5.74) is 0. The van der Waals surface area contributed by atoms with Crippen LogP contribution in [0.15, 0.2) is 0 Å². The summed E-state index contributed by atoms with van der Waals surface area (Å²) in [6.45, 7) is 7.71. The van der Waals surface area contributed by atoms with Crippen molar-refractivity contribution in [1.82, 2.24) is 4.90 Å². The minimum atomic E-state index is -0.811. The minimum absolute atomic E-state index is 0.0549. The summed E-state index contributed by atoms with van der Waals surface area (Å²) >= 11 is 0. The fourth-order valence-electron chi connectivity index (χ4n) is 3.02. The van der Waals surface area contributed by atoms with E-state index >= 15 is 0 Å². The van der Waals surface area contributed by atoms with Gasteiger partial charge in [-0.3, -0.25) is 9.59 Å². The number of aliphatic carboxylic acids is 1. The lowest BCUT2D eigenvalue weighted by molar-refractivity contribution is -0.149. The number of hydrogen-bond donors (Lipinski definition) is 1. The maximum atomic E-state index is 12.5. The highest BCUT2D eigenvalue weighted by molar-refractivity contribution is 5.85. The molecule has 0 saturated heterocycles. The first-order chi connectivity index (χ1) is 9.04. The molecule has 0 heterocycles. The van der Waals surface area contributed by atoms with Gasteiger partial charge in [-0.15, -0.1) is 0 Å². The van der Waals surface area contributed by atoms with Crippen LogP contribution in [0.5, 0.6) is 0 Å². The van der Waals surface area contributed by atoms with Gasteiger partial charge in [-0.05, 0) is 25.7 Å². The molecule has 1 fully saturated rings. The number of carbonyl (C=O) groups excluding carboxylic acids is 1. The summed E-state index contributed by atoms with van der Waals surface area (Å²) in [7, 11) is 0. The van der Waals surface area contributed by atoms with E-state index in [0.29, 0.717) is 18.9 Å². The molecule has 0 bridgehead atoms. The van der Waals surface area contributed by atoms with E-state index in [1.165, 1.54) is 0 Å². The molecule has 19 heavy (non-hydrogen) atoms. The van der Waals surface area contributed by atoms with Crippen molar-refractivity contribution >= 4 is 11.9 Å². The largest absolute Gasteiger partial charge is 0.481 e. The lowest BCUT2D eigenvalue weighted by Crippen LogP contribution is -2.41. The van der Waals surface area contributed by atoms with Crippen LogP contribution in [0, 0.1) is 17.8 Å². The molecule has 1 rings (SSSR count). The standard InChI is InChI=1S/C15H27NO3/c1-4-11(5-2)10-16(6-3)14(17)12-8-7-9-13(12)15(18)19/h11-13H,4-10H2,1-3H3,(H,18,19)/t12-,13+/m1/s1. The second-order valence-electron chi connectivity index (χ2n) is 5.54. The van der Waals surface area contributed by atoms with Gasteiger partial charge >= 0.3 is 5.97 Å². The molecule has 0 radical (unpaired) electrons. The Morgan fingerprint density at radius 1 is 1.16 bits per heavy atom. The van der Waals surface area contributed by atoms with Crippen LogP contribution in [0.25, 0.3) is 0 Å². The van der Waals surface area contributed by atoms with Gasteiger partial charge in [-0.25, -0.2) is 0 Å². The molecule has 4 nitrogen and oxygen atoms in total. The molecule has 1 saturated carbocycles. The van der Waals surface area contributed by atoms with Crippen LogP contribution in [0.1, 0.15) is 52.9 Å². The van der Waals surface area contributed by atoms with Crippen molar-refractivity contribution in [3.8, 4) is 0 Å². The van der Waals surface area contributed by atoms with Gasteiger partial charge in [0.15, 0.2) is 0 Å². The number of carbonyl (C=O) groups is 2. The van der Waals surface area contributed by atoms with Gasteiger partial charge in [0.25, 0.3) is 0 Å². The van der Waals surface area contributed by atoms with E-state index in [2.05, 4.69) is 13.8 Å². The molecule has 0 aromatic rings. The maximum Gasteiger partial charge on any atom is 0.307 e. The van der Waals surface area contributed by atoms with Crippen LogP contribution in [0.3, 0.4) is 0 Å². The van der Waals surface area contributed by atoms with Crippen molar-refractivity contribution in [2.24, 2.45) is 17.8 Å². The molecule has 0 aromatic heterocycles. The molecular formula is C15H27NO3. The second kappa shape index (κ2) is 7.51. The topological polar surface area (TPSA) is 57.6 Å². The third kappa shape index (κ3) is 3.95. The van der Waals surface area contributed by atoms with Gasteiger partial charge < -0.3 is 10.0 Å². The minimum Gasteiger partial charge on any atom is -0.481 e. The van der Waals surface area contributed by atoms with Gasteiger partial charge in [-0.1, -0.05) is 33.1 Å². The average molecular weight is 269 g/mol. The summed E-state index contributed by atoms with van der Waals surface area (Å²) in [5, 5.41) is 9.19. The Balaban J connectivity index is 2.69. The fourth-order valence-corrected chi connectivity index (χ4v) is 3.02. The molecule has 4 heteroatoms. The molecule has 0 aliphatic heterocycles. The Kier molecular flexibility index (Phi) is 6.32. The Morgan fingerprint density at radius 2 is 1.74 bits per heavy atom. The van der Waals surface area contributed by atoms with Gasteiger partial charge in [0, 0.05) is 13.1 Å². The zero-order valence-corrected chi connectivity index (χ0v) is 12.4. The molecule has 1 aliphatic carbocycles. The highest BCUT2D eigenvalue weighted by Gasteiger charge is 2.39. The quantitative estimate of drug-likeness (QED) is 0.773. The molecule has 0 spiro atoms. The predicted octanol–water partition coefficient (Wildman–Crippen LogP) is 2.77. The van der Waals surface area contributed by atoms with Crippen molar-refractivity contribution in [1.29, 1.82) is 0 Å². The number of hydrogen-bond acceptors (Lipinski definition) is 2. The first-order valence-electron chi connectivity index (χ1n) is 7.56. The number of rotatable bonds is 7. The zero-order valence-electron chi connectivity index (χ0n) is 12.4. The summed E-state index contributed by atoms with van der Waals surface area (Å²) in [6.07, 6.45) is 4.36. The number of carboxylic acid groups (broad SMARTS) is 1. The van der Waals surface area contributed by atoms with Crippen LogP contribution in [0.4, 0.5) is 0 Å². The van der Waals surface area contributed by atoms with Crippen LogP contribution in [-0.4, -0.2) is 35.0 Å². The Labute approximate surface area is 116 Å². The molecule has 0 unspecified atom stereocenters. The van der Waals surface area contributed by atoms with Crippen molar-refractivity contribution in [3.05, 3.63) is 0 Å². The van der Waals surface area contributed by atoms with E-state index in [4.69, 9.17) is 0 Å². The van der Waals surface area contributed by atoms with Crippen LogP contribution in [0.2, 0.25) is 0 Å². The third-order valence-corrected chi connectivity index (χ3v) is 4.48. The molecule has 0 aromatic carbocycles. The first-order valence-corrected chi connectivity index (χ1v) is 7.56. The first kappa shape index (κ1) is 16.0. The molecule has 110 valence electrons. The predicted molar refractivity (Wildman–Crippen MR) is 74.8 cm³/mol. The smallest absolute Gasteiger partial charge is 0.307 e. The molecule has 1 amide bonds. The zero-order chi connectivity index (χ0) is 14.4. The number of amides is 1. The van der Waals surface area contributed by atoms with Gasteiger partial charge in [-0.2, -0.15) is 0 Å². The normalized spacial score (nSPS) is 22.7. The summed E-state index contributed by atoms with van der Waals surface area (Å²) < 4.78 is 0. The monoisotopic (exact) mass is 269 g/mol. The van der Waals surface area contributed by atoms with Gasteiger partial charge in [0.05, 0.1) is 11.8 Å². The highest BCUT2D eigenvalue weighted by Crippen LogP contribution is 2.33. The van der Waals surface area contributed by atoms with Crippen LogP contribution >= 0.6 is 0 Å². The third-order valence-electron chi connectivity index (χ3n) is 4.48. The van der Waals surface area contributed by atoms with E-state index in [1.54, 1.807) is 0 Å². The SMILES string of the molecule is CCC(CC)CN(CC)C(=O)[C@@H]1CCC[C@@H]1C(=O)O. The van der Waals surface area contributed by atoms with Crippen molar-refractivity contribution in [2.75, 3.05) is 13.1 Å². The summed E-state index contributed by atoms with van der Waals surface area (Å²) in [6, 6.07) is 0. The Hall–Kier alpha value is -1.06.